The summed E-state index contributed by atoms with van der Waals surface area (Å²) >= 11 is 1.51. The molecule has 1 aliphatic rings. The van der Waals surface area contributed by atoms with Crippen LogP contribution in [-0.2, 0) is 6.54 Å². The Hall–Kier alpha value is -2.64. The van der Waals surface area contributed by atoms with Crippen LogP contribution in [0.25, 0.3) is 10.2 Å². The molecule has 1 amide bonds. The molecule has 1 N–H and O–H groups in total. The van der Waals surface area contributed by atoms with Crippen LogP contribution in [0.3, 0.4) is 0 Å². The number of amides is 1. The van der Waals surface area contributed by atoms with Crippen molar-refractivity contribution in [3.8, 4) is 11.5 Å². The third-order valence-corrected chi connectivity index (χ3v) is 7.15. The number of anilines is 1. The molecular formula is C27H35N3O3S. The highest BCUT2D eigenvalue weighted by atomic mass is 32.1. The van der Waals surface area contributed by atoms with E-state index in [0.717, 1.165) is 48.6 Å². The van der Waals surface area contributed by atoms with Gasteiger partial charge in [-0.25, -0.2) is 4.98 Å². The Morgan fingerprint density at radius 3 is 2.71 bits per heavy atom. The molecule has 1 aromatic heterocycles. The Morgan fingerprint density at radius 2 is 1.94 bits per heavy atom. The molecule has 3 aromatic rings. The van der Waals surface area contributed by atoms with Gasteiger partial charge in [0.15, 0.2) is 16.6 Å². The third-order valence-electron chi connectivity index (χ3n) is 6.22. The van der Waals surface area contributed by atoms with Crippen LogP contribution >= 0.6 is 11.3 Å². The summed E-state index contributed by atoms with van der Waals surface area (Å²) in [4.78, 5) is 20.1. The number of nitrogens with one attached hydrogen (secondary N) is 1. The van der Waals surface area contributed by atoms with Crippen LogP contribution in [0.2, 0.25) is 0 Å². The first-order chi connectivity index (χ1) is 16.6. The van der Waals surface area contributed by atoms with E-state index in [1.807, 2.05) is 13.0 Å². The SMILES string of the molecule is CCCCOc1ccc(C(=O)Nc2nc3ccc(CN4CCC(C)CC4)cc3s2)cc1OCC. The second-order valence-electron chi connectivity index (χ2n) is 9.03. The predicted molar refractivity (Wildman–Crippen MR) is 139 cm³/mol. The van der Waals surface area contributed by atoms with Gasteiger partial charge in [0, 0.05) is 12.1 Å². The van der Waals surface area contributed by atoms with Gasteiger partial charge in [0.1, 0.15) is 0 Å². The summed E-state index contributed by atoms with van der Waals surface area (Å²) in [5, 5.41) is 3.56. The summed E-state index contributed by atoms with van der Waals surface area (Å²) in [6.45, 7) is 10.8. The van der Waals surface area contributed by atoms with E-state index in [-0.39, 0.29) is 5.91 Å². The van der Waals surface area contributed by atoms with Crippen molar-refractivity contribution in [3.05, 3.63) is 47.5 Å². The lowest BCUT2D eigenvalue weighted by molar-refractivity contribution is 0.102. The quantitative estimate of drug-likeness (QED) is 0.342. The first-order valence-electron chi connectivity index (χ1n) is 12.4. The fourth-order valence-electron chi connectivity index (χ4n) is 4.13. The molecule has 182 valence electrons. The van der Waals surface area contributed by atoms with Crippen LogP contribution in [-0.4, -0.2) is 42.1 Å². The highest BCUT2D eigenvalue weighted by molar-refractivity contribution is 7.22. The van der Waals surface area contributed by atoms with Crippen LogP contribution < -0.4 is 14.8 Å². The summed E-state index contributed by atoms with van der Waals surface area (Å²) < 4.78 is 12.6. The van der Waals surface area contributed by atoms with Crippen LogP contribution in [0.1, 0.15) is 62.4 Å². The number of carbonyl (C=O) groups is 1. The van der Waals surface area contributed by atoms with E-state index in [2.05, 4.69) is 47.2 Å². The third kappa shape index (κ3) is 6.27. The molecule has 0 saturated carbocycles. The molecule has 7 heteroatoms. The van der Waals surface area contributed by atoms with Crippen molar-refractivity contribution in [1.29, 1.82) is 0 Å². The summed E-state index contributed by atoms with van der Waals surface area (Å²) in [5.41, 5.74) is 2.72. The summed E-state index contributed by atoms with van der Waals surface area (Å²) in [6.07, 6.45) is 4.59. The number of likely N-dealkylation sites (tertiary alicyclic amines) is 1. The minimum absolute atomic E-state index is 0.206. The van der Waals surface area contributed by atoms with Gasteiger partial charge in [-0.3, -0.25) is 15.0 Å². The average molecular weight is 482 g/mol. The van der Waals surface area contributed by atoms with Crippen molar-refractivity contribution in [3.63, 3.8) is 0 Å². The summed E-state index contributed by atoms with van der Waals surface area (Å²) in [6, 6.07) is 11.7. The number of hydrogen-bond donors (Lipinski definition) is 1. The van der Waals surface area contributed by atoms with Crippen LogP contribution in [0.5, 0.6) is 11.5 Å². The number of hydrogen-bond acceptors (Lipinski definition) is 6. The number of carbonyl (C=O) groups excluding carboxylic acids is 1. The van der Waals surface area contributed by atoms with E-state index in [0.29, 0.717) is 35.4 Å². The highest BCUT2D eigenvalue weighted by Gasteiger charge is 2.17. The number of rotatable bonds is 10. The fourth-order valence-corrected chi connectivity index (χ4v) is 5.06. The minimum Gasteiger partial charge on any atom is -0.490 e. The molecule has 0 unspecified atom stereocenters. The molecule has 1 saturated heterocycles. The molecule has 34 heavy (non-hydrogen) atoms. The second-order valence-corrected chi connectivity index (χ2v) is 10.1. The average Bonchev–Trinajstić information content (AvgIpc) is 3.23. The number of unbranched alkanes of at least 4 members (excludes halogenated alkanes) is 1. The molecule has 6 nitrogen and oxygen atoms in total. The molecule has 0 spiro atoms. The largest absolute Gasteiger partial charge is 0.490 e. The summed E-state index contributed by atoms with van der Waals surface area (Å²) in [7, 11) is 0. The normalized spacial score (nSPS) is 14.9. The standard InChI is InChI=1S/C27H35N3O3S/c1-4-6-15-33-23-10-8-21(17-24(23)32-5-2)26(31)29-27-28-22-9-7-20(16-25(22)34-27)18-30-13-11-19(3)12-14-30/h7-10,16-17,19H,4-6,11-15,18H2,1-3H3,(H,28,29,31). The second kappa shape index (κ2) is 11.7. The van der Waals surface area contributed by atoms with Gasteiger partial charge in [-0.15, -0.1) is 0 Å². The van der Waals surface area contributed by atoms with Crippen LogP contribution in [0, 0.1) is 5.92 Å². The van der Waals surface area contributed by atoms with E-state index in [9.17, 15) is 4.79 Å². The molecule has 2 heterocycles. The molecule has 4 rings (SSSR count). The Labute approximate surface area is 206 Å². The van der Waals surface area contributed by atoms with Crippen LogP contribution in [0.15, 0.2) is 36.4 Å². The minimum atomic E-state index is -0.206. The Balaban J connectivity index is 1.43. The lowest BCUT2D eigenvalue weighted by Gasteiger charge is -2.30. The number of fused-ring (bicyclic) bond motifs is 1. The highest BCUT2D eigenvalue weighted by Crippen LogP contribution is 2.31. The zero-order valence-corrected chi connectivity index (χ0v) is 21.2. The number of aromatic nitrogens is 1. The molecule has 1 fully saturated rings. The van der Waals surface area contributed by atoms with Crippen LogP contribution in [0.4, 0.5) is 5.13 Å². The van der Waals surface area contributed by atoms with Crippen molar-refractivity contribution in [2.75, 3.05) is 31.6 Å². The molecule has 0 bridgehead atoms. The number of benzene rings is 2. The number of nitrogens with zero attached hydrogens (tertiary/aromatic N) is 2. The lowest BCUT2D eigenvalue weighted by Crippen LogP contribution is -2.32. The van der Waals surface area contributed by atoms with E-state index in [4.69, 9.17) is 9.47 Å². The van der Waals surface area contributed by atoms with E-state index in [1.165, 1.54) is 29.7 Å². The molecular weight excluding hydrogens is 446 g/mol. The lowest BCUT2D eigenvalue weighted by atomic mass is 9.99. The van der Waals surface area contributed by atoms with Gasteiger partial charge in [-0.05, 0) is 81.1 Å². The number of piperidine rings is 1. The Kier molecular flexibility index (Phi) is 8.40. The Bertz CT molecular complexity index is 1110. The Morgan fingerprint density at radius 1 is 1.12 bits per heavy atom. The van der Waals surface area contributed by atoms with Gasteiger partial charge in [0.05, 0.1) is 23.4 Å². The molecule has 2 aromatic carbocycles. The number of thiazole rings is 1. The maximum absolute atomic E-state index is 12.9. The maximum Gasteiger partial charge on any atom is 0.257 e. The zero-order valence-electron chi connectivity index (χ0n) is 20.4. The maximum atomic E-state index is 12.9. The van der Waals surface area contributed by atoms with Crippen molar-refractivity contribution >= 4 is 32.6 Å². The van der Waals surface area contributed by atoms with Crippen molar-refractivity contribution in [1.82, 2.24) is 9.88 Å². The first kappa shape index (κ1) is 24.5. The topological polar surface area (TPSA) is 63.7 Å². The molecule has 1 aliphatic heterocycles. The van der Waals surface area contributed by atoms with Gasteiger partial charge in [0.25, 0.3) is 5.91 Å². The molecule has 0 atom stereocenters. The van der Waals surface area contributed by atoms with E-state index in [1.54, 1.807) is 12.1 Å². The predicted octanol–water partition coefficient (Wildman–Crippen LogP) is 6.36. The fraction of sp³-hybridized carbons (Fsp3) is 0.481. The first-order valence-corrected chi connectivity index (χ1v) is 13.2. The monoisotopic (exact) mass is 481 g/mol. The van der Waals surface area contributed by atoms with Crippen molar-refractivity contribution < 1.29 is 14.3 Å². The molecule has 0 radical (unpaired) electrons. The summed E-state index contributed by atoms with van der Waals surface area (Å²) in [5.74, 6) is 1.89. The van der Waals surface area contributed by atoms with Gasteiger partial charge in [-0.1, -0.05) is 37.7 Å². The smallest absolute Gasteiger partial charge is 0.257 e. The van der Waals surface area contributed by atoms with E-state index >= 15 is 0 Å². The van der Waals surface area contributed by atoms with Crippen molar-refractivity contribution in [2.45, 2.75) is 53.0 Å². The van der Waals surface area contributed by atoms with Crippen molar-refractivity contribution in [2.24, 2.45) is 5.92 Å². The molecule has 0 aliphatic carbocycles. The van der Waals surface area contributed by atoms with E-state index < -0.39 is 0 Å². The van der Waals surface area contributed by atoms with Gasteiger partial charge in [-0.2, -0.15) is 0 Å². The van der Waals surface area contributed by atoms with Gasteiger partial charge >= 0.3 is 0 Å². The van der Waals surface area contributed by atoms with Gasteiger partial charge < -0.3 is 9.47 Å². The zero-order chi connectivity index (χ0) is 23.9. The van der Waals surface area contributed by atoms with Gasteiger partial charge in [0.2, 0.25) is 0 Å². The number of ether oxygens (including phenoxy) is 2.